The summed E-state index contributed by atoms with van der Waals surface area (Å²) in [5.74, 6) is -0.944. The van der Waals surface area contributed by atoms with Crippen molar-refractivity contribution in [2.45, 2.75) is 6.54 Å². The van der Waals surface area contributed by atoms with Gasteiger partial charge in [0.1, 0.15) is 5.82 Å². The fourth-order valence-corrected chi connectivity index (χ4v) is 2.23. The molecule has 0 aliphatic rings. The van der Waals surface area contributed by atoms with Crippen LogP contribution in [0.4, 0.5) is 10.1 Å². The van der Waals surface area contributed by atoms with Gasteiger partial charge in [-0.3, -0.25) is 9.69 Å². The molecule has 0 radical (unpaired) electrons. The van der Waals surface area contributed by atoms with Crippen LogP contribution in [-0.4, -0.2) is 37.5 Å². The van der Waals surface area contributed by atoms with Crippen LogP contribution in [0.25, 0.3) is 0 Å². The van der Waals surface area contributed by atoms with E-state index in [9.17, 15) is 14.0 Å². The Labute approximate surface area is 140 Å². The smallest absolute Gasteiger partial charge is 0.337 e. The van der Waals surface area contributed by atoms with Crippen LogP contribution in [0.1, 0.15) is 15.9 Å². The lowest BCUT2D eigenvalue weighted by Crippen LogP contribution is -2.30. The molecule has 0 fully saturated rings. The average molecular weight is 330 g/mol. The Balaban J connectivity index is 1.88. The standard InChI is InChI=1S/C18H19FN2O3/c1-21(11-14-5-3-4-6-16(14)19)12-17(22)20-15-9-7-13(8-10-15)18(23)24-2/h3-10H,11-12H2,1-2H3,(H,20,22). The van der Waals surface area contributed by atoms with E-state index in [2.05, 4.69) is 10.1 Å². The molecule has 1 N–H and O–H groups in total. The molecule has 1 amide bonds. The number of anilines is 1. The Morgan fingerprint density at radius 1 is 1.12 bits per heavy atom. The molecule has 5 nitrogen and oxygen atoms in total. The van der Waals surface area contributed by atoms with Crippen molar-refractivity contribution < 1.29 is 18.7 Å². The van der Waals surface area contributed by atoms with Gasteiger partial charge in [-0.2, -0.15) is 0 Å². The number of ether oxygens (including phenoxy) is 1. The number of methoxy groups -OCH3 is 1. The minimum absolute atomic E-state index is 0.118. The maximum absolute atomic E-state index is 13.6. The molecule has 0 aliphatic heterocycles. The monoisotopic (exact) mass is 330 g/mol. The molecule has 24 heavy (non-hydrogen) atoms. The van der Waals surface area contributed by atoms with Gasteiger partial charge in [-0.1, -0.05) is 18.2 Å². The molecule has 0 heterocycles. The van der Waals surface area contributed by atoms with Crippen molar-refractivity contribution in [1.29, 1.82) is 0 Å². The molecule has 0 aliphatic carbocycles. The summed E-state index contributed by atoms with van der Waals surface area (Å²) in [7, 11) is 3.05. The Morgan fingerprint density at radius 2 is 1.79 bits per heavy atom. The van der Waals surface area contributed by atoms with Gasteiger partial charge in [0.05, 0.1) is 19.2 Å². The highest BCUT2D eigenvalue weighted by molar-refractivity contribution is 5.93. The van der Waals surface area contributed by atoms with Crippen LogP contribution in [0.3, 0.4) is 0 Å². The second kappa shape index (κ2) is 8.21. The zero-order valence-corrected chi connectivity index (χ0v) is 13.6. The minimum atomic E-state index is -0.433. The first-order chi connectivity index (χ1) is 11.5. The van der Waals surface area contributed by atoms with E-state index in [1.54, 1.807) is 54.4 Å². The van der Waals surface area contributed by atoms with Gasteiger partial charge in [0.25, 0.3) is 0 Å². The van der Waals surface area contributed by atoms with Crippen LogP contribution in [0.15, 0.2) is 48.5 Å². The van der Waals surface area contributed by atoms with Crippen molar-refractivity contribution in [2.75, 3.05) is 26.0 Å². The highest BCUT2D eigenvalue weighted by atomic mass is 19.1. The van der Waals surface area contributed by atoms with E-state index in [1.165, 1.54) is 13.2 Å². The summed E-state index contributed by atoms with van der Waals surface area (Å²) in [5.41, 5.74) is 1.52. The van der Waals surface area contributed by atoms with E-state index in [1.807, 2.05) is 0 Å². The molecule has 0 unspecified atom stereocenters. The molecular weight excluding hydrogens is 311 g/mol. The molecule has 0 spiro atoms. The number of halogens is 1. The lowest BCUT2D eigenvalue weighted by Gasteiger charge is -2.16. The molecular formula is C18H19FN2O3. The molecule has 0 saturated carbocycles. The van der Waals surface area contributed by atoms with Crippen molar-refractivity contribution in [1.82, 2.24) is 4.90 Å². The molecule has 0 aromatic heterocycles. The summed E-state index contributed by atoms with van der Waals surface area (Å²) in [5, 5.41) is 2.73. The zero-order valence-electron chi connectivity index (χ0n) is 13.6. The number of hydrogen-bond donors (Lipinski definition) is 1. The predicted molar refractivity (Wildman–Crippen MR) is 89.1 cm³/mol. The van der Waals surface area contributed by atoms with Gasteiger partial charge in [-0.05, 0) is 37.4 Å². The number of amides is 1. The maximum Gasteiger partial charge on any atom is 0.337 e. The van der Waals surface area contributed by atoms with Crippen molar-refractivity contribution in [3.63, 3.8) is 0 Å². The van der Waals surface area contributed by atoms with E-state index >= 15 is 0 Å². The third-order valence-corrected chi connectivity index (χ3v) is 3.40. The largest absolute Gasteiger partial charge is 0.465 e. The molecule has 0 atom stereocenters. The van der Waals surface area contributed by atoms with E-state index < -0.39 is 5.97 Å². The first-order valence-corrected chi connectivity index (χ1v) is 7.40. The number of hydrogen-bond acceptors (Lipinski definition) is 4. The van der Waals surface area contributed by atoms with Crippen LogP contribution in [0.2, 0.25) is 0 Å². The van der Waals surface area contributed by atoms with Crippen molar-refractivity contribution in [2.24, 2.45) is 0 Å². The zero-order chi connectivity index (χ0) is 17.5. The topological polar surface area (TPSA) is 58.6 Å². The number of nitrogens with one attached hydrogen (secondary N) is 1. The number of carbonyl (C=O) groups excluding carboxylic acids is 2. The van der Waals surface area contributed by atoms with Crippen LogP contribution in [-0.2, 0) is 16.1 Å². The molecule has 0 saturated heterocycles. The summed E-state index contributed by atoms with van der Waals surface area (Å²) in [6.45, 7) is 0.453. The fourth-order valence-electron chi connectivity index (χ4n) is 2.23. The number of likely N-dealkylation sites (N-methyl/N-ethyl adjacent to an activating group) is 1. The number of rotatable bonds is 6. The van der Waals surface area contributed by atoms with Crippen molar-refractivity contribution in [3.05, 3.63) is 65.5 Å². The highest BCUT2D eigenvalue weighted by Gasteiger charge is 2.10. The average Bonchev–Trinajstić information content (AvgIpc) is 2.56. The number of nitrogens with zero attached hydrogens (tertiary/aromatic N) is 1. The third-order valence-electron chi connectivity index (χ3n) is 3.40. The molecule has 2 aromatic rings. The Hall–Kier alpha value is -2.73. The quantitative estimate of drug-likeness (QED) is 0.828. The Morgan fingerprint density at radius 3 is 2.42 bits per heavy atom. The SMILES string of the molecule is COC(=O)c1ccc(NC(=O)CN(C)Cc2ccccc2F)cc1. The van der Waals surface area contributed by atoms with Gasteiger partial charge < -0.3 is 10.1 Å². The lowest BCUT2D eigenvalue weighted by atomic mass is 10.2. The summed E-state index contributed by atoms with van der Waals surface area (Å²) in [4.78, 5) is 25.1. The van der Waals surface area contributed by atoms with Gasteiger partial charge in [0, 0.05) is 17.8 Å². The van der Waals surface area contributed by atoms with Crippen LogP contribution in [0, 0.1) is 5.82 Å². The van der Waals surface area contributed by atoms with Crippen molar-refractivity contribution >= 4 is 17.6 Å². The van der Waals surface area contributed by atoms with E-state index in [-0.39, 0.29) is 18.3 Å². The van der Waals surface area contributed by atoms with E-state index in [0.29, 0.717) is 23.4 Å². The second-order valence-electron chi connectivity index (χ2n) is 5.38. The highest BCUT2D eigenvalue weighted by Crippen LogP contribution is 2.11. The molecule has 2 rings (SSSR count). The van der Waals surface area contributed by atoms with Gasteiger partial charge >= 0.3 is 5.97 Å². The van der Waals surface area contributed by atoms with E-state index in [4.69, 9.17) is 0 Å². The van der Waals surface area contributed by atoms with Gasteiger partial charge in [0.15, 0.2) is 0 Å². The van der Waals surface area contributed by atoms with Gasteiger partial charge in [-0.25, -0.2) is 9.18 Å². The number of esters is 1. The van der Waals surface area contributed by atoms with Crippen LogP contribution in [0.5, 0.6) is 0 Å². The van der Waals surface area contributed by atoms with Crippen molar-refractivity contribution in [3.8, 4) is 0 Å². The van der Waals surface area contributed by atoms with Crippen LogP contribution >= 0.6 is 0 Å². The molecule has 6 heteroatoms. The van der Waals surface area contributed by atoms with E-state index in [0.717, 1.165) is 0 Å². The van der Waals surface area contributed by atoms with Crippen LogP contribution < -0.4 is 5.32 Å². The Kier molecular flexibility index (Phi) is 6.03. The number of benzene rings is 2. The lowest BCUT2D eigenvalue weighted by molar-refractivity contribution is -0.117. The second-order valence-corrected chi connectivity index (χ2v) is 5.38. The van der Waals surface area contributed by atoms with Gasteiger partial charge in [0.2, 0.25) is 5.91 Å². The first-order valence-electron chi connectivity index (χ1n) is 7.40. The third kappa shape index (κ3) is 4.89. The molecule has 0 bridgehead atoms. The Bertz CT molecular complexity index is 716. The summed E-state index contributed by atoms with van der Waals surface area (Å²) in [6, 6.07) is 12.9. The normalized spacial score (nSPS) is 10.5. The summed E-state index contributed by atoms with van der Waals surface area (Å²) in [6.07, 6.45) is 0. The molecule has 2 aromatic carbocycles. The number of carbonyl (C=O) groups is 2. The predicted octanol–water partition coefficient (Wildman–Crippen LogP) is 2.68. The molecule has 126 valence electrons. The maximum atomic E-state index is 13.6. The summed E-state index contributed by atoms with van der Waals surface area (Å²) < 4.78 is 18.2. The van der Waals surface area contributed by atoms with Gasteiger partial charge in [-0.15, -0.1) is 0 Å². The minimum Gasteiger partial charge on any atom is -0.465 e. The summed E-state index contributed by atoms with van der Waals surface area (Å²) >= 11 is 0. The first kappa shape index (κ1) is 17.6. The fraction of sp³-hybridized carbons (Fsp3) is 0.222.